The van der Waals surface area contributed by atoms with Gasteiger partial charge in [-0.05, 0) is 6.92 Å². The molecule has 86 valence electrons. The van der Waals surface area contributed by atoms with Gasteiger partial charge in [0.05, 0.1) is 16.2 Å². The highest BCUT2D eigenvalue weighted by molar-refractivity contribution is 7.09. The van der Waals surface area contributed by atoms with E-state index in [2.05, 4.69) is 34.5 Å². The summed E-state index contributed by atoms with van der Waals surface area (Å²) in [5, 5.41) is 8.79. The number of nitrogens with zero attached hydrogens (tertiary/aromatic N) is 2. The molecule has 0 amide bonds. The maximum atomic E-state index is 4.32. The van der Waals surface area contributed by atoms with Crippen LogP contribution in [0.4, 0.5) is 0 Å². The Kier molecular flexibility index (Phi) is 4.04. The Balaban J connectivity index is 1.84. The zero-order chi connectivity index (χ0) is 11.4. The van der Waals surface area contributed by atoms with Gasteiger partial charge in [-0.1, -0.05) is 6.92 Å². The van der Waals surface area contributed by atoms with Gasteiger partial charge in [-0.15, -0.1) is 22.7 Å². The Morgan fingerprint density at radius 2 is 2.25 bits per heavy atom. The predicted molar refractivity (Wildman–Crippen MR) is 69.1 cm³/mol. The molecule has 2 atom stereocenters. The van der Waals surface area contributed by atoms with Crippen molar-refractivity contribution in [3.05, 3.63) is 33.2 Å². The van der Waals surface area contributed by atoms with Crippen LogP contribution in [0.15, 0.2) is 22.5 Å². The molecule has 5 heteroatoms. The van der Waals surface area contributed by atoms with Gasteiger partial charge in [-0.3, -0.25) is 0 Å². The fraction of sp³-hybridized carbons (Fsp3) is 0.455. The lowest BCUT2D eigenvalue weighted by atomic mass is 10.1. The molecule has 2 unspecified atom stereocenters. The topological polar surface area (TPSA) is 37.8 Å². The first-order valence-corrected chi connectivity index (χ1v) is 7.10. The Morgan fingerprint density at radius 1 is 1.38 bits per heavy atom. The summed E-state index contributed by atoms with van der Waals surface area (Å²) in [6.45, 7) is 5.27. The van der Waals surface area contributed by atoms with E-state index in [4.69, 9.17) is 0 Å². The first-order chi connectivity index (χ1) is 7.77. The lowest BCUT2D eigenvalue weighted by Gasteiger charge is -2.14. The monoisotopic (exact) mass is 253 g/mol. The lowest BCUT2D eigenvalue weighted by Crippen LogP contribution is -2.23. The van der Waals surface area contributed by atoms with E-state index in [1.807, 2.05) is 17.1 Å². The summed E-state index contributed by atoms with van der Waals surface area (Å²) in [5.74, 6) is 0.459. The third-order valence-corrected chi connectivity index (χ3v) is 4.11. The van der Waals surface area contributed by atoms with Gasteiger partial charge in [0.1, 0.15) is 0 Å². The quantitative estimate of drug-likeness (QED) is 0.890. The van der Waals surface area contributed by atoms with Crippen LogP contribution >= 0.6 is 22.7 Å². The van der Waals surface area contributed by atoms with Gasteiger partial charge < -0.3 is 5.32 Å². The number of hydrogen-bond donors (Lipinski definition) is 1. The van der Waals surface area contributed by atoms with Crippen LogP contribution in [0.3, 0.4) is 0 Å². The molecular formula is C11H15N3S2. The van der Waals surface area contributed by atoms with Crippen molar-refractivity contribution in [1.82, 2.24) is 15.3 Å². The second-order valence-corrected chi connectivity index (χ2v) is 5.46. The number of rotatable bonds is 5. The number of thiazole rings is 2. The molecule has 0 spiro atoms. The summed E-state index contributed by atoms with van der Waals surface area (Å²) in [6, 6.07) is 0.314. The Labute approximate surface area is 104 Å². The van der Waals surface area contributed by atoms with Gasteiger partial charge in [-0.2, -0.15) is 0 Å². The molecule has 2 heterocycles. The van der Waals surface area contributed by atoms with Crippen LogP contribution in [-0.4, -0.2) is 16.5 Å². The average Bonchev–Trinajstić information content (AvgIpc) is 2.95. The normalized spacial score (nSPS) is 14.9. The van der Waals surface area contributed by atoms with E-state index in [1.54, 1.807) is 22.7 Å². The summed E-state index contributed by atoms with van der Waals surface area (Å²) in [7, 11) is 0. The molecule has 0 bridgehead atoms. The van der Waals surface area contributed by atoms with Crippen LogP contribution in [0, 0.1) is 0 Å². The molecule has 0 aliphatic carbocycles. The zero-order valence-corrected chi connectivity index (χ0v) is 11.0. The molecule has 2 aromatic heterocycles. The Hall–Kier alpha value is -0.780. The maximum absolute atomic E-state index is 4.32. The van der Waals surface area contributed by atoms with E-state index in [0.717, 1.165) is 12.2 Å². The zero-order valence-electron chi connectivity index (χ0n) is 9.38. The maximum Gasteiger partial charge on any atom is 0.0965 e. The van der Waals surface area contributed by atoms with Gasteiger partial charge in [0, 0.05) is 35.5 Å². The average molecular weight is 253 g/mol. The van der Waals surface area contributed by atoms with Crippen molar-refractivity contribution in [3.63, 3.8) is 0 Å². The molecule has 1 N–H and O–H groups in total. The standard InChI is InChI=1S/C11H15N3S2/c1-8(11-12-3-4-16-11)5-13-9(2)10-6-15-7-14-10/h3-4,6-9,13H,5H2,1-2H3. The third-order valence-electron chi connectivity index (χ3n) is 2.50. The minimum absolute atomic E-state index is 0.314. The molecule has 0 aromatic carbocycles. The molecule has 2 aromatic rings. The molecule has 3 nitrogen and oxygen atoms in total. The summed E-state index contributed by atoms with van der Waals surface area (Å²) >= 11 is 3.35. The highest BCUT2D eigenvalue weighted by atomic mass is 32.1. The second-order valence-electron chi connectivity index (χ2n) is 3.81. The minimum Gasteiger partial charge on any atom is -0.308 e. The van der Waals surface area contributed by atoms with Crippen molar-refractivity contribution in [3.8, 4) is 0 Å². The summed E-state index contributed by atoms with van der Waals surface area (Å²) in [4.78, 5) is 8.62. The summed E-state index contributed by atoms with van der Waals surface area (Å²) in [6.07, 6.45) is 1.86. The van der Waals surface area contributed by atoms with Crippen molar-refractivity contribution >= 4 is 22.7 Å². The largest absolute Gasteiger partial charge is 0.308 e. The van der Waals surface area contributed by atoms with Crippen LogP contribution in [0.25, 0.3) is 0 Å². The van der Waals surface area contributed by atoms with Crippen LogP contribution < -0.4 is 5.32 Å². The van der Waals surface area contributed by atoms with E-state index >= 15 is 0 Å². The fourth-order valence-corrected chi connectivity index (χ4v) is 2.81. The van der Waals surface area contributed by atoms with Gasteiger partial charge in [0.15, 0.2) is 0 Å². The van der Waals surface area contributed by atoms with Crippen molar-refractivity contribution in [1.29, 1.82) is 0 Å². The number of aromatic nitrogens is 2. The molecule has 2 rings (SSSR count). The number of nitrogens with one attached hydrogen (secondary N) is 1. The SMILES string of the molecule is CC(CNC(C)c1cscn1)c1nccs1. The van der Waals surface area contributed by atoms with Crippen molar-refractivity contribution in [2.24, 2.45) is 0 Å². The van der Waals surface area contributed by atoms with Gasteiger partial charge >= 0.3 is 0 Å². The first kappa shape index (κ1) is 11.7. The molecular weight excluding hydrogens is 238 g/mol. The van der Waals surface area contributed by atoms with E-state index in [9.17, 15) is 0 Å². The van der Waals surface area contributed by atoms with Gasteiger partial charge in [0.25, 0.3) is 0 Å². The first-order valence-electron chi connectivity index (χ1n) is 5.28. The van der Waals surface area contributed by atoms with Gasteiger partial charge in [0.2, 0.25) is 0 Å². The highest BCUT2D eigenvalue weighted by Gasteiger charge is 2.11. The van der Waals surface area contributed by atoms with Crippen LogP contribution in [0.2, 0.25) is 0 Å². The van der Waals surface area contributed by atoms with Crippen molar-refractivity contribution in [2.75, 3.05) is 6.54 Å². The van der Waals surface area contributed by atoms with Crippen LogP contribution in [0.1, 0.15) is 36.5 Å². The Bertz CT molecular complexity index is 357. The minimum atomic E-state index is 0.314. The fourth-order valence-electron chi connectivity index (χ4n) is 1.46. The molecule has 0 aliphatic rings. The molecule has 0 fully saturated rings. The Morgan fingerprint density at radius 3 is 2.88 bits per heavy atom. The number of hydrogen-bond acceptors (Lipinski definition) is 5. The predicted octanol–water partition coefficient (Wildman–Crippen LogP) is 3.05. The van der Waals surface area contributed by atoms with Crippen LogP contribution in [-0.2, 0) is 0 Å². The molecule has 0 radical (unpaired) electrons. The highest BCUT2D eigenvalue weighted by Crippen LogP contribution is 2.18. The van der Waals surface area contributed by atoms with E-state index in [-0.39, 0.29) is 0 Å². The van der Waals surface area contributed by atoms with E-state index in [0.29, 0.717) is 12.0 Å². The van der Waals surface area contributed by atoms with Crippen LogP contribution in [0.5, 0.6) is 0 Å². The molecule has 0 saturated heterocycles. The van der Waals surface area contributed by atoms with E-state index in [1.165, 1.54) is 5.01 Å². The van der Waals surface area contributed by atoms with Gasteiger partial charge in [-0.25, -0.2) is 9.97 Å². The van der Waals surface area contributed by atoms with Crippen molar-refractivity contribution < 1.29 is 0 Å². The van der Waals surface area contributed by atoms with Crippen molar-refractivity contribution in [2.45, 2.75) is 25.8 Å². The smallest absolute Gasteiger partial charge is 0.0965 e. The summed E-state index contributed by atoms with van der Waals surface area (Å²) < 4.78 is 0. The third kappa shape index (κ3) is 2.87. The second kappa shape index (κ2) is 5.52. The molecule has 0 saturated carbocycles. The van der Waals surface area contributed by atoms with E-state index < -0.39 is 0 Å². The summed E-state index contributed by atoms with van der Waals surface area (Å²) in [5.41, 5.74) is 2.99. The molecule has 0 aliphatic heterocycles. The lowest BCUT2D eigenvalue weighted by molar-refractivity contribution is 0.528. The molecule has 16 heavy (non-hydrogen) atoms.